The Morgan fingerprint density at radius 1 is 1.22 bits per heavy atom. The molecule has 0 fully saturated rings. The van der Waals surface area contributed by atoms with Crippen LogP contribution < -0.4 is 0 Å². The van der Waals surface area contributed by atoms with Crippen LogP contribution in [0.25, 0.3) is 0 Å². The van der Waals surface area contributed by atoms with Gasteiger partial charge in [-0.05, 0) is 36.2 Å². The average Bonchev–Trinajstić information content (AvgIpc) is 2.34. The lowest BCUT2D eigenvalue weighted by Crippen LogP contribution is -2.03. The minimum absolute atomic E-state index is 0.287. The minimum Gasteiger partial charge on any atom is -0.388 e. The van der Waals surface area contributed by atoms with Gasteiger partial charge in [0.25, 0.3) is 0 Å². The van der Waals surface area contributed by atoms with E-state index in [1.54, 1.807) is 6.07 Å². The molecule has 2 aromatic rings. The summed E-state index contributed by atoms with van der Waals surface area (Å²) in [5.41, 5.74) is 2.72. The van der Waals surface area contributed by atoms with Crippen LogP contribution in [0.4, 0.5) is 4.39 Å². The molecule has 1 nitrogen and oxygen atoms in total. The number of hydrogen-bond acceptors (Lipinski definition) is 1. The summed E-state index contributed by atoms with van der Waals surface area (Å²) < 4.78 is 14.0. The Kier molecular flexibility index (Phi) is 4.15. The highest BCUT2D eigenvalue weighted by molar-refractivity contribution is 9.10. The molecule has 0 amide bonds. The van der Waals surface area contributed by atoms with Crippen molar-refractivity contribution in [2.24, 2.45) is 0 Å². The van der Waals surface area contributed by atoms with Crippen molar-refractivity contribution in [3.63, 3.8) is 0 Å². The van der Waals surface area contributed by atoms with Crippen molar-refractivity contribution in [1.29, 1.82) is 0 Å². The molecule has 1 atom stereocenters. The lowest BCUT2D eigenvalue weighted by Gasteiger charge is -2.13. The van der Waals surface area contributed by atoms with Gasteiger partial charge in [0.15, 0.2) is 0 Å². The molecule has 0 aliphatic rings. The largest absolute Gasteiger partial charge is 0.388 e. The predicted octanol–water partition coefficient (Wildman–Crippen LogP) is 4.17. The van der Waals surface area contributed by atoms with E-state index in [4.69, 9.17) is 0 Å². The smallest absolute Gasteiger partial charge is 0.123 e. The van der Waals surface area contributed by atoms with Crippen LogP contribution >= 0.6 is 15.9 Å². The van der Waals surface area contributed by atoms with E-state index >= 15 is 0 Å². The van der Waals surface area contributed by atoms with Crippen LogP contribution in [0.2, 0.25) is 0 Å². The monoisotopic (exact) mass is 308 g/mol. The number of aliphatic hydroxyl groups excluding tert-OH is 1. The zero-order chi connectivity index (χ0) is 13.1. The summed E-state index contributed by atoms with van der Waals surface area (Å²) in [7, 11) is 0. The van der Waals surface area contributed by atoms with E-state index < -0.39 is 6.10 Å². The molecule has 0 heterocycles. The van der Waals surface area contributed by atoms with Crippen molar-refractivity contribution in [2.75, 3.05) is 0 Å². The SMILES string of the molecule is Cc1cccc(C(O)Cc2cc(F)ccc2Br)c1. The fourth-order valence-electron chi connectivity index (χ4n) is 1.90. The molecular formula is C15H14BrFO. The number of benzene rings is 2. The maximum absolute atomic E-state index is 13.2. The van der Waals surface area contributed by atoms with Crippen molar-refractivity contribution in [3.8, 4) is 0 Å². The molecule has 0 aliphatic heterocycles. The zero-order valence-electron chi connectivity index (χ0n) is 10.0. The van der Waals surface area contributed by atoms with Gasteiger partial charge in [0.05, 0.1) is 6.10 Å². The van der Waals surface area contributed by atoms with Crippen LogP contribution in [0, 0.1) is 12.7 Å². The maximum atomic E-state index is 13.2. The second kappa shape index (κ2) is 5.63. The normalized spacial score (nSPS) is 12.4. The van der Waals surface area contributed by atoms with E-state index in [9.17, 15) is 9.50 Å². The first-order valence-electron chi connectivity index (χ1n) is 5.75. The molecule has 94 valence electrons. The molecule has 0 radical (unpaired) electrons. The summed E-state index contributed by atoms with van der Waals surface area (Å²) >= 11 is 3.37. The molecule has 1 N–H and O–H groups in total. The van der Waals surface area contributed by atoms with Crippen molar-refractivity contribution in [2.45, 2.75) is 19.4 Å². The number of aryl methyl sites for hydroxylation is 1. The van der Waals surface area contributed by atoms with Crippen LogP contribution in [0.15, 0.2) is 46.9 Å². The Hall–Kier alpha value is -1.19. The molecule has 0 spiro atoms. The summed E-state index contributed by atoms with van der Waals surface area (Å²) in [4.78, 5) is 0. The zero-order valence-corrected chi connectivity index (χ0v) is 11.6. The quantitative estimate of drug-likeness (QED) is 0.902. The van der Waals surface area contributed by atoms with E-state index in [2.05, 4.69) is 15.9 Å². The summed E-state index contributed by atoms with van der Waals surface area (Å²) in [5.74, 6) is -0.287. The first-order valence-corrected chi connectivity index (χ1v) is 6.54. The molecule has 0 saturated heterocycles. The lowest BCUT2D eigenvalue weighted by molar-refractivity contribution is 0.178. The first-order chi connectivity index (χ1) is 8.56. The Labute approximate surface area is 114 Å². The highest BCUT2D eigenvalue weighted by atomic mass is 79.9. The molecule has 0 bridgehead atoms. The fraction of sp³-hybridized carbons (Fsp3) is 0.200. The van der Waals surface area contributed by atoms with Gasteiger partial charge in [-0.3, -0.25) is 0 Å². The molecule has 0 aromatic heterocycles. The standard InChI is InChI=1S/C15H14BrFO/c1-10-3-2-4-11(7-10)15(18)9-12-8-13(17)5-6-14(12)16/h2-8,15,18H,9H2,1H3. The number of halogens is 2. The van der Waals surface area contributed by atoms with Crippen molar-refractivity contribution < 1.29 is 9.50 Å². The summed E-state index contributed by atoms with van der Waals surface area (Å²) in [6.45, 7) is 1.98. The third-order valence-electron chi connectivity index (χ3n) is 2.85. The van der Waals surface area contributed by atoms with Gasteiger partial charge in [0.1, 0.15) is 5.82 Å². The van der Waals surface area contributed by atoms with E-state index in [-0.39, 0.29) is 5.82 Å². The van der Waals surface area contributed by atoms with E-state index in [1.807, 2.05) is 31.2 Å². The molecule has 2 aromatic carbocycles. The predicted molar refractivity (Wildman–Crippen MR) is 73.9 cm³/mol. The van der Waals surface area contributed by atoms with Crippen LogP contribution in [-0.2, 0) is 6.42 Å². The van der Waals surface area contributed by atoms with Gasteiger partial charge < -0.3 is 5.11 Å². The molecule has 0 saturated carbocycles. The number of rotatable bonds is 3. The van der Waals surface area contributed by atoms with Crippen LogP contribution in [0.3, 0.4) is 0 Å². The Balaban J connectivity index is 2.21. The van der Waals surface area contributed by atoms with Crippen molar-refractivity contribution in [3.05, 3.63) is 69.4 Å². The molecule has 2 rings (SSSR count). The van der Waals surface area contributed by atoms with Gasteiger partial charge >= 0.3 is 0 Å². The van der Waals surface area contributed by atoms with Gasteiger partial charge in [0, 0.05) is 10.9 Å². The van der Waals surface area contributed by atoms with Crippen LogP contribution in [0.1, 0.15) is 22.8 Å². The second-order valence-corrected chi connectivity index (χ2v) is 5.22. The summed E-state index contributed by atoms with van der Waals surface area (Å²) in [6.07, 6.45) is -0.232. The van der Waals surface area contributed by atoms with Crippen molar-refractivity contribution in [1.82, 2.24) is 0 Å². The third-order valence-corrected chi connectivity index (χ3v) is 3.62. The maximum Gasteiger partial charge on any atom is 0.123 e. The van der Waals surface area contributed by atoms with Crippen LogP contribution in [0.5, 0.6) is 0 Å². The van der Waals surface area contributed by atoms with Gasteiger partial charge in [-0.25, -0.2) is 4.39 Å². The van der Waals surface area contributed by atoms with E-state index in [0.29, 0.717) is 6.42 Å². The number of aliphatic hydroxyl groups is 1. The first kappa shape index (κ1) is 13.2. The highest BCUT2D eigenvalue weighted by Gasteiger charge is 2.11. The number of hydrogen-bond donors (Lipinski definition) is 1. The van der Waals surface area contributed by atoms with Gasteiger partial charge in [-0.15, -0.1) is 0 Å². The average molecular weight is 309 g/mol. The highest BCUT2D eigenvalue weighted by Crippen LogP contribution is 2.25. The van der Waals surface area contributed by atoms with Gasteiger partial charge in [0.2, 0.25) is 0 Å². The molecule has 18 heavy (non-hydrogen) atoms. The molecular weight excluding hydrogens is 295 g/mol. The Morgan fingerprint density at radius 2 is 2.00 bits per heavy atom. The minimum atomic E-state index is -0.622. The Morgan fingerprint density at radius 3 is 2.72 bits per heavy atom. The van der Waals surface area contributed by atoms with E-state index in [0.717, 1.165) is 21.2 Å². The fourth-order valence-corrected chi connectivity index (χ4v) is 2.31. The topological polar surface area (TPSA) is 20.2 Å². The van der Waals surface area contributed by atoms with E-state index in [1.165, 1.54) is 12.1 Å². The van der Waals surface area contributed by atoms with Gasteiger partial charge in [-0.2, -0.15) is 0 Å². The molecule has 0 aliphatic carbocycles. The molecule has 1 unspecified atom stereocenters. The lowest BCUT2D eigenvalue weighted by atomic mass is 10.00. The third kappa shape index (κ3) is 3.18. The second-order valence-electron chi connectivity index (χ2n) is 4.37. The Bertz CT molecular complexity index is 554. The van der Waals surface area contributed by atoms with Crippen molar-refractivity contribution >= 4 is 15.9 Å². The summed E-state index contributed by atoms with van der Waals surface area (Å²) in [5, 5.41) is 10.2. The molecule has 3 heteroatoms. The van der Waals surface area contributed by atoms with Crippen LogP contribution in [-0.4, -0.2) is 5.11 Å². The summed E-state index contributed by atoms with van der Waals surface area (Å²) in [6, 6.07) is 12.2. The van der Waals surface area contributed by atoms with Gasteiger partial charge in [-0.1, -0.05) is 45.8 Å².